The third kappa shape index (κ3) is 4.05. The molecule has 0 atom stereocenters. The third-order valence-corrected chi connectivity index (χ3v) is 6.86. The molecule has 6 rings (SSSR count). The Kier molecular flexibility index (Phi) is 5.82. The van der Waals surface area contributed by atoms with Crippen LogP contribution in [0.3, 0.4) is 0 Å². The van der Waals surface area contributed by atoms with E-state index in [9.17, 15) is 22.8 Å². The van der Waals surface area contributed by atoms with Crippen LogP contribution < -0.4 is 5.69 Å². The Morgan fingerprint density at radius 3 is 2.34 bits per heavy atom. The second kappa shape index (κ2) is 9.33. The summed E-state index contributed by atoms with van der Waals surface area (Å²) in [5, 5.41) is 4.36. The molecule has 1 amide bonds. The predicted octanol–water partition coefficient (Wildman–Crippen LogP) is 4.47. The number of benzene rings is 2. The average Bonchev–Trinajstić information content (AvgIpc) is 3.53. The van der Waals surface area contributed by atoms with Gasteiger partial charge >= 0.3 is 5.69 Å². The highest BCUT2D eigenvalue weighted by molar-refractivity contribution is 5.93. The number of aromatic nitrogens is 5. The number of pyridine rings is 1. The number of piperidine rings is 1. The molecule has 4 heterocycles. The molecule has 1 aliphatic heterocycles. The number of carbonyl (C=O) groups is 1. The van der Waals surface area contributed by atoms with Gasteiger partial charge in [0.2, 0.25) is 0 Å². The lowest BCUT2D eigenvalue weighted by Crippen LogP contribution is -2.40. The molecule has 1 aliphatic rings. The van der Waals surface area contributed by atoms with Crippen molar-refractivity contribution in [2.24, 2.45) is 0 Å². The molecule has 1 fully saturated rings. The molecule has 1 saturated heterocycles. The van der Waals surface area contributed by atoms with E-state index >= 15 is 0 Å². The van der Waals surface area contributed by atoms with Crippen molar-refractivity contribution in [1.82, 2.24) is 29.2 Å². The number of H-pyrrole nitrogens is 1. The highest BCUT2D eigenvalue weighted by atomic mass is 19.2. The van der Waals surface area contributed by atoms with Gasteiger partial charge in [0.1, 0.15) is 0 Å². The summed E-state index contributed by atoms with van der Waals surface area (Å²) in [7, 11) is 0. The van der Waals surface area contributed by atoms with E-state index < -0.39 is 17.5 Å². The summed E-state index contributed by atoms with van der Waals surface area (Å²) < 4.78 is 44.6. The smallest absolute Gasteiger partial charge is 0.326 e. The van der Waals surface area contributed by atoms with E-state index in [0.29, 0.717) is 37.2 Å². The van der Waals surface area contributed by atoms with Gasteiger partial charge in [0.15, 0.2) is 23.1 Å². The minimum atomic E-state index is -1.58. The standard InChI is InChI=1S/C27H21F3N6O2/c28-19-13-18(14-20(29)25(19)30)36-24(16-5-9-31-10-6-16)15-22(33-36)26(37)34-11-7-17(8-12-34)35-23-4-2-1-3-21(23)32-27(35)38/h1-6,9-10,13-15,17H,7-8,11-12H2,(H,32,38). The fourth-order valence-corrected chi connectivity index (χ4v) is 5.00. The Balaban J connectivity index is 1.29. The first-order valence-electron chi connectivity index (χ1n) is 12.0. The number of likely N-dealkylation sites (tertiary alicyclic amines) is 1. The molecule has 5 aromatic rings. The number of hydrogen-bond acceptors (Lipinski definition) is 4. The first kappa shape index (κ1) is 23.7. The van der Waals surface area contributed by atoms with Crippen LogP contribution in [0.2, 0.25) is 0 Å². The third-order valence-electron chi connectivity index (χ3n) is 6.86. The summed E-state index contributed by atoms with van der Waals surface area (Å²) in [5.41, 5.74) is 2.40. The van der Waals surface area contributed by atoms with Gasteiger partial charge in [-0.1, -0.05) is 12.1 Å². The molecule has 0 aliphatic carbocycles. The number of imidazole rings is 1. The van der Waals surface area contributed by atoms with Crippen LogP contribution in [0.25, 0.3) is 28.0 Å². The van der Waals surface area contributed by atoms with E-state index in [1.54, 1.807) is 21.6 Å². The lowest BCUT2D eigenvalue weighted by Gasteiger charge is -2.32. The van der Waals surface area contributed by atoms with E-state index in [1.165, 1.54) is 23.1 Å². The molecular formula is C27H21F3N6O2. The number of halogens is 3. The number of amides is 1. The van der Waals surface area contributed by atoms with E-state index in [4.69, 9.17) is 0 Å². The molecule has 0 bridgehead atoms. The number of fused-ring (bicyclic) bond motifs is 1. The maximum Gasteiger partial charge on any atom is 0.326 e. The summed E-state index contributed by atoms with van der Waals surface area (Å²) in [5.74, 6) is -4.66. The van der Waals surface area contributed by atoms with Crippen molar-refractivity contribution in [1.29, 1.82) is 0 Å². The van der Waals surface area contributed by atoms with Crippen LogP contribution in [-0.4, -0.2) is 48.2 Å². The Morgan fingerprint density at radius 2 is 1.63 bits per heavy atom. The topological polar surface area (TPSA) is 88.8 Å². The van der Waals surface area contributed by atoms with Crippen molar-refractivity contribution in [3.63, 3.8) is 0 Å². The van der Waals surface area contributed by atoms with Crippen molar-refractivity contribution >= 4 is 16.9 Å². The lowest BCUT2D eigenvalue weighted by atomic mass is 10.0. The molecule has 2 aromatic carbocycles. The van der Waals surface area contributed by atoms with Crippen LogP contribution >= 0.6 is 0 Å². The Morgan fingerprint density at radius 1 is 0.947 bits per heavy atom. The van der Waals surface area contributed by atoms with E-state index in [2.05, 4.69) is 15.1 Å². The number of para-hydroxylation sites is 2. The van der Waals surface area contributed by atoms with Gasteiger partial charge in [0.05, 0.1) is 22.4 Å². The monoisotopic (exact) mass is 518 g/mol. The zero-order chi connectivity index (χ0) is 26.4. The van der Waals surface area contributed by atoms with Crippen LogP contribution in [-0.2, 0) is 0 Å². The van der Waals surface area contributed by atoms with E-state index in [1.807, 2.05) is 24.3 Å². The van der Waals surface area contributed by atoms with Crippen LogP contribution in [0.5, 0.6) is 0 Å². The predicted molar refractivity (Wildman–Crippen MR) is 133 cm³/mol. The summed E-state index contributed by atoms with van der Waals surface area (Å²) in [6.45, 7) is 0.791. The normalized spacial score (nSPS) is 14.3. The van der Waals surface area contributed by atoms with Gasteiger partial charge in [-0.3, -0.25) is 14.3 Å². The highest BCUT2D eigenvalue weighted by Crippen LogP contribution is 2.29. The molecule has 1 N–H and O–H groups in total. The quantitative estimate of drug-likeness (QED) is 0.356. The second-order valence-corrected chi connectivity index (χ2v) is 9.13. The zero-order valence-electron chi connectivity index (χ0n) is 19.9. The first-order valence-corrected chi connectivity index (χ1v) is 12.0. The molecule has 0 spiro atoms. The summed E-state index contributed by atoms with van der Waals surface area (Å²) >= 11 is 0. The molecule has 0 unspecified atom stereocenters. The molecule has 11 heteroatoms. The van der Waals surface area contributed by atoms with Gasteiger partial charge in [-0.15, -0.1) is 0 Å². The molecule has 8 nitrogen and oxygen atoms in total. The fourth-order valence-electron chi connectivity index (χ4n) is 5.00. The largest absolute Gasteiger partial charge is 0.337 e. The van der Waals surface area contributed by atoms with Crippen molar-refractivity contribution in [2.75, 3.05) is 13.1 Å². The maximum atomic E-state index is 14.0. The van der Waals surface area contributed by atoms with Gasteiger partial charge in [-0.25, -0.2) is 22.6 Å². The second-order valence-electron chi connectivity index (χ2n) is 9.13. The Labute approximate surface area is 214 Å². The Bertz CT molecular complexity index is 1690. The van der Waals surface area contributed by atoms with Crippen molar-refractivity contribution in [2.45, 2.75) is 18.9 Å². The van der Waals surface area contributed by atoms with E-state index in [-0.39, 0.29) is 29.0 Å². The van der Waals surface area contributed by atoms with Crippen molar-refractivity contribution in [3.05, 3.63) is 101 Å². The lowest BCUT2D eigenvalue weighted by molar-refractivity contribution is 0.0688. The SMILES string of the molecule is O=C(c1cc(-c2ccncc2)n(-c2cc(F)c(F)c(F)c2)n1)N1CCC(n2c(=O)[nH]c3ccccc32)CC1. The van der Waals surface area contributed by atoms with E-state index in [0.717, 1.165) is 23.2 Å². The molecular weight excluding hydrogens is 497 g/mol. The number of nitrogens with one attached hydrogen (secondary N) is 1. The fraction of sp³-hybridized carbons (Fsp3) is 0.185. The minimum absolute atomic E-state index is 0.0651. The van der Waals surface area contributed by atoms with Crippen LogP contribution in [0.4, 0.5) is 13.2 Å². The molecule has 3 aromatic heterocycles. The van der Waals surface area contributed by atoms with Gasteiger partial charge in [0, 0.05) is 49.2 Å². The molecule has 192 valence electrons. The number of hydrogen-bond donors (Lipinski definition) is 1. The summed E-state index contributed by atoms with van der Waals surface area (Å²) in [6, 6.07) is 13.9. The average molecular weight is 518 g/mol. The number of aromatic amines is 1. The van der Waals surface area contributed by atoms with Gasteiger partial charge in [-0.2, -0.15) is 5.10 Å². The first-order chi connectivity index (χ1) is 18.4. The molecule has 0 saturated carbocycles. The number of carbonyl (C=O) groups excluding carboxylic acids is 1. The summed E-state index contributed by atoms with van der Waals surface area (Å²) in [4.78, 5) is 34.5. The zero-order valence-corrected chi connectivity index (χ0v) is 19.9. The Hall–Kier alpha value is -4.67. The van der Waals surface area contributed by atoms with Crippen molar-refractivity contribution in [3.8, 4) is 16.9 Å². The van der Waals surface area contributed by atoms with Crippen LogP contribution in [0.1, 0.15) is 29.4 Å². The minimum Gasteiger partial charge on any atom is -0.337 e. The van der Waals surface area contributed by atoms with Gasteiger partial charge in [0.25, 0.3) is 5.91 Å². The van der Waals surface area contributed by atoms with Crippen molar-refractivity contribution < 1.29 is 18.0 Å². The van der Waals surface area contributed by atoms with Gasteiger partial charge < -0.3 is 9.88 Å². The number of rotatable bonds is 4. The maximum absolute atomic E-state index is 14.0. The van der Waals surface area contributed by atoms with Crippen LogP contribution in [0.15, 0.2) is 71.8 Å². The number of nitrogens with zero attached hydrogens (tertiary/aromatic N) is 5. The van der Waals surface area contributed by atoms with Gasteiger partial charge in [-0.05, 0) is 43.2 Å². The molecule has 38 heavy (non-hydrogen) atoms. The molecule has 0 radical (unpaired) electrons. The van der Waals surface area contributed by atoms with Crippen LogP contribution in [0, 0.1) is 17.5 Å². The highest BCUT2D eigenvalue weighted by Gasteiger charge is 2.29. The summed E-state index contributed by atoms with van der Waals surface area (Å²) in [6.07, 6.45) is 4.22.